The van der Waals surface area contributed by atoms with Crippen molar-refractivity contribution in [1.29, 1.82) is 0 Å². The SMILES string of the molecule is O=C(Cc1ccc(F)cc1)Nc1cc(C(=O)O)ccc1Br. The van der Waals surface area contributed by atoms with E-state index < -0.39 is 5.97 Å². The molecular weight excluding hydrogens is 341 g/mol. The number of carboxylic acids is 1. The van der Waals surface area contributed by atoms with E-state index in [0.29, 0.717) is 15.7 Å². The maximum atomic E-state index is 12.8. The first-order valence-electron chi connectivity index (χ1n) is 6.03. The number of carbonyl (C=O) groups excluding carboxylic acids is 1. The molecule has 4 nitrogen and oxygen atoms in total. The summed E-state index contributed by atoms with van der Waals surface area (Å²) in [5.41, 5.74) is 1.12. The van der Waals surface area contributed by atoms with Gasteiger partial charge in [0.05, 0.1) is 17.7 Å². The number of hydrogen-bond acceptors (Lipinski definition) is 2. The van der Waals surface area contributed by atoms with Crippen LogP contribution in [0.2, 0.25) is 0 Å². The predicted octanol–water partition coefficient (Wildman–Crippen LogP) is 3.47. The summed E-state index contributed by atoms with van der Waals surface area (Å²) in [6.45, 7) is 0. The molecule has 2 N–H and O–H groups in total. The number of anilines is 1. The molecule has 0 heterocycles. The number of amides is 1. The Morgan fingerprint density at radius 3 is 2.43 bits per heavy atom. The van der Waals surface area contributed by atoms with Crippen LogP contribution in [0.3, 0.4) is 0 Å². The second-order valence-corrected chi connectivity index (χ2v) is 5.21. The van der Waals surface area contributed by atoms with Gasteiger partial charge in [0.25, 0.3) is 0 Å². The summed E-state index contributed by atoms with van der Waals surface area (Å²) in [4.78, 5) is 22.8. The fourth-order valence-electron chi connectivity index (χ4n) is 1.74. The van der Waals surface area contributed by atoms with Crippen LogP contribution in [0.5, 0.6) is 0 Å². The lowest BCUT2D eigenvalue weighted by molar-refractivity contribution is -0.115. The molecule has 0 aromatic heterocycles. The van der Waals surface area contributed by atoms with Crippen LogP contribution in [0.1, 0.15) is 15.9 Å². The van der Waals surface area contributed by atoms with E-state index in [9.17, 15) is 14.0 Å². The minimum atomic E-state index is -1.07. The van der Waals surface area contributed by atoms with Crippen molar-refractivity contribution in [1.82, 2.24) is 0 Å². The van der Waals surface area contributed by atoms with Crippen molar-refractivity contribution in [3.63, 3.8) is 0 Å². The van der Waals surface area contributed by atoms with Crippen LogP contribution in [0.15, 0.2) is 46.9 Å². The Labute approximate surface area is 128 Å². The van der Waals surface area contributed by atoms with E-state index in [2.05, 4.69) is 21.2 Å². The monoisotopic (exact) mass is 351 g/mol. The molecule has 0 unspecified atom stereocenters. The van der Waals surface area contributed by atoms with Crippen molar-refractivity contribution in [3.05, 3.63) is 63.9 Å². The molecular formula is C15H11BrFNO3. The lowest BCUT2D eigenvalue weighted by Gasteiger charge is -2.08. The molecule has 0 bridgehead atoms. The van der Waals surface area contributed by atoms with Crippen molar-refractivity contribution in [2.24, 2.45) is 0 Å². The second-order valence-electron chi connectivity index (χ2n) is 4.35. The predicted molar refractivity (Wildman–Crippen MR) is 79.8 cm³/mol. The maximum Gasteiger partial charge on any atom is 0.335 e. The maximum absolute atomic E-state index is 12.8. The summed E-state index contributed by atoms with van der Waals surface area (Å²) >= 11 is 3.25. The number of rotatable bonds is 4. The third-order valence-corrected chi connectivity index (χ3v) is 3.46. The van der Waals surface area contributed by atoms with E-state index in [-0.39, 0.29) is 23.7 Å². The minimum absolute atomic E-state index is 0.0734. The third-order valence-electron chi connectivity index (χ3n) is 2.77. The average molecular weight is 352 g/mol. The van der Waals surface area contributed by atoms with Gasteiger partial charge in [-0.15, -0.1) is 0 Å². The number of carbonyl (C=O) groups is 2. The Balaban J connectivity index is 2.10. The van der Waals surface area contributed by atoms with Crippen LogP contribution >= 0.6 is 15.9 Å². The molecule has 1 amide bonds. The Morgan fingerprint density at radius 2 is 1.81 bits per heavy atom. The Morgan fingerprint density at radius 1 is 1.14 bits per heavy atom. The normalized spacial score (nSPS) is 10.2. The topological polar surface area (TPSA) is 66.4 Å². The van der Waals surface area contributed by atoms with Crippen molar-refractivity contribution < 1.29 is 19.1 Å². The fourth-order valence-corrected chi connectivity index (χ4v) is 2.08. The second kappa shape index (κ2) is 6.49. The summed E-state index contributed by atoms with van der Waals surface area (Å²) in [6.07, 6.45) is 0.0734. The van der Waals surface area contributed by atoms with Gasteiger partial charge in [-0.3, -0.25) is 4.79 Å². The molecule has 0 aliphatic carbocycles. The molecule has 21 heavy (non-hydrogen) atoms. The summed E-state index contributed by atoms with van der Waals surface area (Å²) in [6, 6.07) is 9.97. The van der Waals surface area contributed by atoms with Crippen LogP contribution in [-0.2, 0) is 11.2 Å². The number of aromatic carboxylic acids is 1. The molecule has 0 saturated heterocycles. The van der Waals surface area contributed by atoms with Gasteiger partial charge in [0.1, 0.15) is 5.82 Å². The molecule has 0 atom stereocenters. The van der Waals surface area contributed by atoms with E-state index in [0.717, 1.165) is 0 Å². The van der Waals surface area contributed by atoms with Crippen LogP contribution in [0.25, 0.3) is 0 Å². The lowest BCUT2D eigenvalue weighted by atomic mass is 10.1. The molecule has 0 saturated carbocycles. The molecule has 0 radical (unpaired) electrons. The highest BCUT2D eigenvalue weighted by atomic mass is 79.9. The van der Waals surface area contributed by atoms with Gasteiger partial charge in [0, 0.05) is 4.47 Å². The van der Waals surface area contributed by atoms with Crippen LogP contribution in [0.4, 0.5) is 10.1 Å². The number of halogens is 2. The summed E-state index contributed by atoms with van der Waals surface area (Å²) in [7, 11) is 0. The Bertz CT molecular complexity index is 686. The van der Waals surface area contributed by atoms with Crippen molar-refractivity contribution >= 4 is 33.5 Å². The largest absolute Gasteiger partial charge is 0.478 e. The van der Waals surface area contributed by atoms with E-state index in [1.165, 1.54) is 36.4 Å². The lowest BCUT2D eigenvalue weighted by Crippen LogP contribution is -2.15. The summed E-state index contributed by atoms with van der Waals surface area (Å²) < 4.78 is 13.4. The summed E-state index contributed by atoms with van der Waals surface area (Å²) in [5, 5.41) is 11.6. The molecule has 6 heteroatoms. The van der Waals surface area contributed by atoms with Crippen LogP contribution in [0, 0.1) is 5.82 Å². The van der Waals surface area contributed by atoms with Crippen molar-refractivity contribution in [2.45, 2.75) is 6.42 Å². The Kier molecular flexibility index (Phi) is 4.70. The first kappa shape index (κ1) is 15.2. The van der Waals surface area contributed by atoms with Gasteiger partial charge in [-0.2, -0.15) is 0 Å². The first-order valence-corrected chi connectivity index (χ1v) is 6.82. The molecule has 2 aromatic carbocycles. The van der Waals surface area contributed by atoms with E-state index in [1.54, 1.807) is 6.07 Å². The number of benzene rings is 2. The van der Waals surface area contributed by atoms with Crippen LogP contribution in [-0.4, -0.2) is 17.0 Å². The van der Waals surface area contributed by atoms with Crippen molar-refractivity contribution in [3.8, 4) is 0 Å². The molecule has 0 aliphatic heterocycles. The highest BCUT2D eigenvalue weighted by Gasteiger charge is 2.10. The molecule has 2 aromatic rings. The minimum Gasteiger partial charge on any atom is -0.478 e. The van der Waals surface area contributed by atoms with Gasteiger partial charge in [-0.1, -0.05) is 12.1 Å². The zero-order chi connectivity index (χ0) is 15.4. The molecule has 0 fully saturated rings. The molecule has 108 valence electrons. The average Bonchev–Trinajstić information content (AvgIpc) is 2.43. The zero-order valence-corrected chi connectivity index (χ0v) is 12.4. The fraction of sp³-hybridized carbons (Fsp3) is 0.0667. The van der Waals surface area contributed by atoms with E-state index >= 15 is 0 Å². The van der Waals surface area contributed by atoms with Gasteiger partial charge < -0.3 is 10.4 Å². The summed E-state index contributed by atoms with van der Waals surface area (Å²) in [5.74, 6) is -1.75. The highest BCUT2D eigenvalue weighted by Crippen LogP contribution is 2.24. The quantitative estimate of drug-likeness (QED) is 0.886. The zero-order valence-electron chi connectivity index (χ0n) is 10.8. The van der Waals surface area contributed by atoms with E-state index in [4.69, 9.17) is 5.11 Å². The number of carboxylic acid groups (broad SMARTS) is 1. The van der Waals surface area contributed by atoms with Gasteiger partial charge in [-0.05, 0) is 51.8 Å². The Hall–Kier alpha value is -2.21. The molecule has 0 aliphatic rings. The highest BCUT2D eigenvalue weighted by molar-refractivity contribution is 9.10. The standard InChI is InChI=1S/C15H11BrFNO3/c16-12-6-3-10(15(20)21)8-13(12)18-14(19)7-9-1-4-11(17)5-2-9/h1-6,8H,7H2,(H,18,19)(H,20,21). The number of hydrogen-bond donors (Lipinski definition) is 2. The van der Waals surface area contributed by atoms with E-state index in [1.807, 2.05) is 0 Å². The van der Waals surface area contributed by atoms with Gasteiger partial charge in [0.2, 0.25) is 5.91 Å². The molecule has 2 rings (SSSR count). The third kappa shape index (κ3) is 4.13. The van der Waals surface area contributed by atoms with Gasteiger partial charge in [-0.25, -0.2) is 9.18 Å². The first-order chi connectivity index (χ1) is 9.95. The molecule has 0 spiro atoms. The smallest absolute Gasteiger partial charge is 0.335 e. The van der Waals surface area contributed by atoms with Gasteiger partial charge >= 0.3 is 5.97 Å². The van der Waals surface area contributed by atoms with Crippen LogP contribution < -0.4 is 5.32 Å². The number of nitrogens with one attached hydrogen (secondary N) is 1. The van der Waals surface area contributed by atoms with Crippen molar-refractivity contribution in [2.75, 3.05) is 5.32 Å². The van der Waals surface area contributed by atoms with Gasteiger partial charge in [0.15, 0.2) is 0 Å².